The normalized spacial score (nSPS) is 19.8. The van der Waals surface area contributed by atoms with Crippen molar-refractivity contribution >= 4 is 17.7 Å². The van der Waals surface area contributed by atoms with Crippen molar-refractivity contribution in [3.05, 3.63) is 22.6 Å². The summed E-state index contributed by atoms with van der Waals surface area (Å²) in [5.41, 5.74) is -0.177. The third kappa shape index (κ3) is 2.23. The lowest BCUT2D eigenvalue weighted by molar-refractivity contribution is -0.144. The minimum atomic E-state index is -1.21. The molecule has 1 aromatic heterocycles. The van der Waals surface area contributed by atoms with Crippen LogP contribution in [-0.4, -0.2) is 28.3 Å². The van der Waals surface area contributed by atoms with Gasteiger partial charge in [-0.25, -0.2) is 4.79 Å². The molecule has 0 radical (unpaired) electrons. The van der Waals surface area contributed by atoms with Gasteiger partial charge in [0.05, 0.1) is 5.56 Å². The number of carboxylic acids is 1. The van der Waals surface area contributed by atoms with Crippen LogP contribution in [0.5, 0.6) is 0 Å². The summed E-state index contributed by atoms with van der Waals surface area (Å²) in [6.07, 6.45) is 4.22. The number of carbonyl (C=O) groups excluding carboxylic acids is 2. The van der Waals surface area contributed by atoms with Gasteiger partial charge < -0.3 is 14.8 Å². The summed E-state index contributed by atoms with van der Waals surface area (Å²) in [5.74, 6) is -0.926. The van der Waals surface area contributed by atoms with E-state index >= 15 is 0 Å². The van der Waals surface area contributed by atoms with E-state index in [2.05, 4.69) is 5.32 Å². The lowest BCUT2D eigenvalue weighted by Crippen LogP contribution is -2.52. The van der Waals surface area contributed by atoms with Gasteiger partial charge in [0.25, 0.3) is 5.91 Å². The summed E-state index contributed by atoms with van der Waals surface area (Å²) in [6, 6.07) is 0. The maximum absolute atomic E-state index is 12.5. The first-order valence-electron chi connectivity index (χ1n) is 7.66. The van der Waals surface area contributed by atoms with Crippen LogP contribution in [0.3, 0.4) is 0 Å². The van der Waals surface area contributed by atoms with Crippen LogP contribution < -0.4 is 5.32 Å². The highest BCUT2D eigenvalue weighted by atomic mass is 16.4. The van der Waals surface area contributed by atoms with Crippen LogP contribution in [0, 0.1) is 6.92 Å². The van der Waals surface area contributed by atoms with E-state index in [-0.39, 0.29) is 11.5 Å². The molecule has 0 aromatic carbocycles. The van der Waals surface area contributed by atoms with Crippen molar-refractivity contribution in [3.8, 4) is 0 Å². The molecule has 0 unspecified atom stereocenters. The van der Waals surface area contributed by atoms with E-state index < -0.39 is 17.4 Å². The highest BCUT2D eigenvalue weighted by Gasteiger charge is 2.43. The van der Waals surface area contributed by atoms with Crippen LogP contribution >= 0.6 is 0 Å². The fraction of sp³-hybridized carbons (Fsp3) is 0.562. The van der Waals surface area contributed by atoms with E-state index in [1.54, 1.807) is 6.92 Å². The third-order valence-corrected chi connectivity index (χ3v) is 4.73. The molecule has 1 fully saturated rings. The van der Waals surface area contributed by atoms with Crippen molar-refractivity contribution < 1.29 is 23.9 Å². The Morgan fingerprint density at radius 2 is 1.86 bits per heavy atom. The van der Waals surface area contributed by atoms with Crippen LogP contribution in [0.1, 0.15) is 70.8 Å². The van der Waals surface area contributed by atoms with Crippen LogP contribution in [-0.2, 0) is 11.2 Å². The van der Waals surface area contributed by atoms with E-state index in [1.165, 1.54) is 0 Å². The fourth-order valence-corrected chi connectivity index (χ4v) is 3.51. The average molecular weight is 305 g/mol. The van der Waals surface area contributed by atoms with Crippen molar-refractivity contribution in [3.63, 3.8) is 0 Å². The minimum Gasteiger partial charge on any atom is -0.480 e. The van der Waals surface area contributed by atoms with Crippen molar-refractivity contribution in [2.24, 2.45) is 0 Å². The predicted molar refractivity (Wildman–Crippen MR) is 77.0 cm³/mol. The Kier molecular flexibility index (Phi) is 3.54. The number of aryl methyl sites for hydroxylation is 1. The van der Waals surface area contributed by atoms with Gasteiger partial charge in [-0.3, -0.25) is 9.59 Å². The molecule has 118 valence electrons. The lowest BCUT2D eigenvalue weighted by Gasteiger charge is -2.24. The van der Waals surface area contributed by atoms with Gasteiger partial charge in [0.2, 0.25) is 0 Å². The third-order valence-electron chi connectivity index (χ3n) is 4.73. The molecule has 2 aliphatic rings. The summed E-state index contributed by atoms with van der Waals surface area (Å²) in [5, 5.41) is 12.1. The summed E-state index contributed by atoms with van der Waals surface area (Å²) in [4.78, 5) is 36.0. The van der Waals surface area contributed by atoms with Gasteiger partial charge >= 0.3 is 5.97 Å². The molecule has 2 N–H and O–H groups in total. The number of hydrogen-bond acceptors (Lipinski definition) is 4. The number of rotatable bonds is 3. The van der Waals surface area contributed by atoms with Crippen LogP contribution in [0.2, 0.25) is 0 Å². The number of Topliss-reactive ketones (excluding diaryl/α,β-unsaturated/α-hetero) is 1. The van der Waals surface area contributed by atoms with E-state index in [9.17, 15) is 19.5 Å². The number of furan rings is 1. The first-order chi connectivity index (χ1) is 10.4. The van der Waals surface area contributed by atoms with Gasteiger partial charge in [-0.05, 0) is 26.2 Å². The Bertz CT molecular complexity index is 652. The molecule has 1 heterocycles. The molecule has 6 nitrogen and oxygen atoms in total. The number of carboxylic acid groups (broad SMARTS) is 1. The maximum Gasteiger partial charge on any atom is 0.329 e. The first kappa shape index (κ1) is 14.8. The average Bonchev–Trinajstić information content (AvgIpc) is 3.05. The molecule has 6 heteroatoms. The molecular weight excluding hydrogens is 286 g/mol. The summed E-state index contributed by atoms with van der Waals surface area (Å²) in [7, 11) is 0. The smallest absolute Gasteiger partial charge is 0.329 e. The Labute approximate surface area is 127 Å². The standard InChI is InChI=1S/C16H19NO5/c1-9-12-10(18)5-4-6-11(12)22-13(9)14(19)17-16(15(20)21)7-2-3-8-16/h2-8H2,1H3,(H,17,19)(H,20,21). The molecule has 0 saturated heterocycles. The van der Waals surface area contributed by atoms with E-state index in [0.29, 0.717) is 42.6 Å². The Hall–Kier alpha value is -2.11. The lowest BCUT2D eigenvalue weighted by atomic mass is 9.93. The van der Waals surface area contributed by atoms with Gasteiger partial charge in [0.1, 0.15) is 11.3 Å². The molecule has 22 heavy (non-hydrogen) atoms. The van der Waals surface area contributed by atoms with E-state index in [1.807, 2.05) is 0 Å². The second kappa shape index (κ2) is 5.26. The second-order valence-electron chi connectivity index (χ2n) is 6.18. The number of hydrogen-bond donors (Lipinski definition) is 2. The SMILES string of the molecule is Cc1c(C(=O)NC2(C(=O)O)CCCC2)oc2c1C(=O)CCC2. The van der Waals surface area contributed by atoms with Crippen molar-refractivity contribution in [2.75, 3.05) is 0 Å². The van der Waals surface area contributed by atoms with E-state index in [0.717, 1.165) is 19.3 Å². The predicted octanol–water partition coefficient (Wildman–Crippen LogP) is 2.23. The zero-order valence-corrected chi connectivity index (χ0v) is 12.5. The van der Waals surface area contributed by atoms with E-state index in [4.69, 9.17) is 4.42 Å². The Morgan fingerprint density at radius 1 is 1.18 bits per heavy atom. The number of ketones is 1. The zero-order valence-electron chi connectivity index (χ0n) is 12.5. The molecule has 2 aliphatic carbocycles. The number of fused-ring (bicyclic) bond motifs is 1. The van der Waals surface area contributed by atoms with Gasteiger partial charge in [-0.2, -0.15) is 0 Å². The van der Waals surface area contributed by atoms with Crippen LogP contribution in [0.4, 0.5) is 0 Å². The number of nitrogens with one attached hydrogen (secondary N) is 1. The number of aliphatic carboxylic acids is 1. The topological polar surface area (TPSA) is 96.6 Å². The quantitative estimate of drug-likeness (QED) is 0.892. The monoisotopic (exact) mass is 305 g/mol. The van der Waals surface area contributed by atoms with Crippen molar-refractivity contribution in [2.45, 2.75) is 57.4 Å². The fourth-order valence-electron chi connectivity index (χ4n) is 3.51. The van der Waals surface area contributed by atoms with Crippen LogP contribution in [0.15, 0.2) is 4.42 Å². The summed E-state index contributed by atoms with van der Waals surface area (Å²) in [6.45, 7) is 1.68. The minimum absolute atomic E-state index is 0.00429. The molecule has 0 bridgehead atoms. The van der Waals surface area contributed by atoms with Crippen molar-refractivity contribution in [1.82, 2.24) is 5.32 Å². The maximum atomic E-state index is 12.5. The molecular formula is C16H19NO5. The van der Waals surface area contributed by atoms with Gasteiger partial charge in [-0.1, -0.05) is 12.8 Å². The molecule has 0 aliphatic heterocycles. The number of carbonyl (C=O) groups is 3. The molecule has 0 spiro atoms. The summed E-state index contributed by atoms with van der Waals surface area (Å²) >= 11 is 0. The Balaban J connectivity index is 1.90. The zero-order chi connectivity index (χ0) is 15.9. The first-order valence-corrected chi connectivity index (χ1v) is 7.66. The van der Waals surface area contributed by atoms with Gasteiger partial charge in [0, 0.05) is 18.4 Å². The molecule has 1 saturated carbocycles. The Morgan fingerprint density at radius 3 is 2.45 bits per heavy atom. The highest BCUT2D eigenvalue weighted by Crippen LogP contribution is 2.32. The van der Waals surface area contributed by atoms with Crippen molar-refractivity contribution in [1.29, 1.82) is 0 Å². The molecule has 3 rings (SSSR count). The molecule has 1 amide bonds. The molecule has 0 atom stereocenters. The van der Waals surface area contributed by atoms with Gasteiger partial charge in [0.15, 0.2) is 11.5 Å². The van der Waals surface area contributed by atoms with Crippen LogP contribution in [0.25, 0.3) is 0 Å². The molecule has 1 aromatic rings. The highest BCUT2D eigenvalue weighted by molar-refractivity contribution is 6.04. The second-order valence-corrected chi connectivity index (χ2v) is 6.18. The number of amides is 1. The largest absolute Gasteiger partial charge is 0.480 e. The summed E-state index contributed by atoms with van der Waals surface area (Å²) < 4.78 is 5.58. The van der Waals surface area contributed by atoms with Gasteiger partial charge in [-0.15, -0.1) is 0 Å².